The van der Waals surface area contributed by atoms with Gasteiger partial charge in [-0.1, -0.05) is 6.42 Å². The van der Waals surface area contributed by atoms with Crippen molar-refractivity contribution in [3.63, 3.8) is 0 Å². The van der Waals surface area contributed by atoms with Gasteiger partial charge in [0.1, 0.15) is 0 Å². The molecule has 0 spiro atoms. The van der Waals surface area contributed by atoms with Crippen molar-refractivity contribution < 1.29 is 5.11 Å². The number of piperidine rings is 1. The molecule has 0 aliphatic carbocycles. The van der Waals surface area contributed by atoms with Crippen LogP contribution in [0.1, 0.15) is 39.0 Å². The first kappa shape index (κ1) is 10.0. The number of likely N-dealkylation sites (tertiary alicyclic amines) is 1. The predicted octanol–water partition coefficient (Wildman–Crippen LogP) is 1.63. The highest BCUT2D eigenvalue weighted by Crippen LogP contribution is 2.19. The van der Waals surface area contributed by atoms with E-state index in [1.54, 1.807) is 0 Å². The van der Waals surface area contributed by atoms with Gasteiger partial charge in [-0.15, -0.1) is 0 Å². The van der Waals surface area contributed by atoms with Crippen LogP contribution in [0, 0.1) is 0 Å². The van der Waals surface area contributed by atoms with Gasteiger partial charge in [-0.2, -0.15) is 0 Å². The van der Waals surface area contributed by atoms with Crippen LogP contribution in [-0.4, -0.2) is 35.7 Å². The Kier molecular flexibility index (Phi) is 4.02. The summed E-state index contributed by atoms with van der Waals surface area (Å²) in [4.78, 5) is 2.44. The maximum Gasteiger partial charge on any atom is 0.0512 e. The molecule has 0 aromatic heterocycles. The van der Waals surface area contributed by atoms with Gasteiger partial charge in [-0.3, -0.25) is 0 Å². The van der Waals surface area contributed by atoms with E-state index in [1.165, 1.54) is 25.8 Å². The van der Waals surface area contributed by atoms with Crippen LogP contribution in [0.25, 0.3) is 0 Å². The molecule has 1 aliphatic rings. The summed E-state index contributed by atoms with van der Waals surface area (Å²) in [5.41, 5.74) is 0. The van der Waals surface area contributed by atoms with Gasteiger partial charge in [0.05, 0.1) is 6.10 Å². The molecule has 2 nitrogen and oxygen atoms in total. The molecule has 1 rings (SSSR count). The van der Waals surface area contributed by atoms with Gasteiger partial charge in [0.15, 0.2) is 0 Å². The minimum Gasteiger partial charge on any atom is -0.393 e. The average Bonchev–Trinajstić information content (AvgIpc) is 2.03. The van der Waals surface area contributed by atoms with Gasteiger partial charge in [0, 0.05) is 6.04 Å². The van der Waals surface area contributed by atoms with Crippen molar-refractivity contribution in [3.8, 4) is 0 Å². The molecule has 12 heavy (non-hydrogen) atoms. The largest absolute Gasteiger partial charge is 0.393 e. The van der Waals surface area contributed by atoms with Crippen LogP contribution in [0.4, 0.5) is 0 Å². The third-order valence-electron chi connectivity index (χ3n) is 2.84. The predicted molar refractivity (Wildman–Crippen MR) is 51.2 cm³/mol. The second-order valence-corrected chi connectivity index (χ2v) is 4.06. The Morgan fingerprint density at radius 1 is 1.50 bits per heavy atom. The zero-order valence-corrected chi connectivity index (χ0v) is 8.29. The molecule has 0 amide bonds. The normalized spacial score (nSPS) is 28.8. The monoisotopic (exact) mass is 171 g/mol. The second kappa shape index (κ2) is 4.83. The van der Waals surface area contributed by atoms with Gasteiger partial charge >= 0.3 is 0 Å². The Morgan fingerprint density at radius 2 is 2.25 bits per heavy atom. The van der Waals surface area contributed by atoms with Crippen molar-refractivity contribution in [3.05, 3.63) is 0 Å². The van der Waals surface area contributed by atoms with E-state index < -0.39 is 0 Å². The Labute approximate surface area is 75.6 Å². The molecule has 0 bridgehead atoms. The molecule has 1 unspecified atom stereocenters. The smallest absolute Gasteiger partial charge is 0.0512 e. The average molecular weight is 171 g/mol. The van der Waals surface area contributed by atoms with Crippen LogP contribution < -0.4 is 0 Å². The molecule has 72 valence electrons. The highest BCUT2D eigenvalue weighted by atomic mass is 16.3. The first-order valence-corrected chi connectivity index (χ1v) is 5.08. The molecule has 0 aromatic carbocycles. The van der Waals surface area contributed by atoms with Crippen molar-refractivity contribution in [2.75, 3.05) is 13.6 Å². The number of aliphatic hydroxyl groups excluding tert-OH is 1. The summed E-state index contributed by atoms with van der Waals surface area (Å²) in [7, 11) is 2.20. The van der Waals surface area contributed by atoms with Gasteiger partial charge in [0.25, 0.3) is 0 Å². The van der Waals surface area contributed by atoms with Crippen LogP contribution in [-0.2, 0) is 0 Å². The molecule has 1 N–H and O–H groups in total. The first-order valence-electron chi connectivity index (χ1n) is 5.08. The quantitative estimate of drug-likeness (QED) is 0.697. The summed E-state index contributed by atoms with van der Waals surface area (Å²) in [5, 5.41) is 9.15. The SMILES string of the molecule is C[C@@H](O)CCC1CCCCN1C. The van der Waals surface area contributed by atoms with E-state index in [4.69, 9.17) is 5.11 Å². The molecule has 1 fully saturated rings. The maximum atomic E-state index is 9.15. The minimum absolute atomic E-state index is 0.125. The van der Waals surface area contributed by atoms with Crippen molar-refractivity contribution in [1.82, 2.24) is 4.90 Å². The lowest BCUT2D eigenvalue weighted by molar-refractivity contribution is 0.134. The highest BCUT2D eigenvalue weighted by molar-refractivity contribution is 4.74. The topological polar surface area (TPSA) is 23.5 Å². The summed E-state index contributed by atoms with van der Waals surface area (Å²) in [5.74, 6) is 0. The Hall–Kier alpha value is -0.0800. The third kappa shape index (κ3) is 3.11. The molecular formula is C10H21NO. The summed E-state index contributed by atoms with van der Waals surface area (Å²) < 4.78 is 0. The lowest BCUT2D eigenvalue weighted by Gasteiger charge is -2.32. The van der Waals surface area contributed by atoms with Crippen LogP contribution >= 0.6 is 0 Å². The zero-order chi connectivity index (χ0) is 8.97. The van der Waals surface area contributed by atoms with E-state index in [-0.39, 0.29) is 6.10 Å². The number of rotatable bonds is 3. The molecule has 1 aliphatic heterocycles. The van der Waals surface area contributed by atoms with E-state index in [1.807, 2.05) is 6.92 Å². The molecular weight excluding hydrogens is 150 g/mol. The van der Waals surface area contributed by atoms with E-state index in [0.717, 1.165) is 18.9 Å². The number of hydrogen-bond donors (Lipinski definition) is 1. The van der Waals surface area contributed by atoms with E-state index >= 15 is 0 Å². The minimum atomic E-state index is -0.125. The number of nitrogens with zero attached hydrogens (tertiary/aromatic N) is 1. The molecule has 0 saturated carbocycles. The van der Waals surface area contributed by atoms with E-state index in [2.05, 4.69) is 11.9 Å². The molecule has 2 atom stereocenters. The molecule has 1 heterocycles. The lowest BCUT2D eigenvalue weighted by Crippen LogP contribution is -2.36. The Morgan fingerprint density at radius 3 is 2.83 bits per heavy atom. The first-order chi connectivity index (χ1) is 5.70. The molecule has 0 aromatic rings. The molecule has 0 radical (unpaired) electrons. The van der Waals surface area contributed by atoms with Gasteiger partial charge in [0.2, 0.25) is 0 Å². The summed E-state index contributed by atoms with van der Waals surface area (Å²) in [6.07, 6.45) is 6.03. The number of aliphatic hydroxyl groups is 1. The Balaban J connectivity index is 2.20. The van der Waals surface area contributed by atoms with Gasteiger partial charge in [-0.05, 0) is 46.2 Å². The molecule has 1 saturated heterocycles. The number of hydrogen-bond acceptors (Lipinski definition) is 2. The fourth-order valence-corrected chi connectivity index (χ4v) is 1.94. The fourth-order valence-electron chi connectivity index (χ4n) is 1.94. The van der Waals surface area contributed by atoms with Crippen molar-refractivity contribution >= 4 is 0 Å². The van der Waals surface area contributed by atoms with Gasteiger partial charge < -0.3 is 10.0 Å². The second-order valence-electron chi connectivity index (χ2n) is 4.06. The maximum absolute atomic E-state index is 9.15. The van der Waals surface area contributed by atoms with Crippen molar-refractivity contribution in [1.29, 1.82) is 0 Å². The van der Waals surface area contributed by atoms with Crippen LogP contribution in [0.5, 0.6) is 0 Å². The third-order valence-corrected chi connectivity index (χ3v) is 2.84. The van der Waals surface area contributed by atoms with E-state index in [9.17, 15) is 0 Å². The van der Waals surface area contributed by atoms with Crippen LogP contribution in [0.2, 0.25) is 0 Å². The van der Waals surface area contributed by atoms with Crippen LogP contribution in [0.15, 0.2) is 0 Å². The summed E-state index contributed by atoms with van der Waals surface area (Å²) in [6, 6.07) is 0.730. The summed E-state index contributed by atoms with van der Waals surface area (Å²) in [6.45, 7) is 3.12. The Bertz CT molecular complexity index is 125. The van der Waals surface area contributed by atoms with Crippen molar-refractivity contribution in [2.24, 2.45) is 0 Å². The fraction of sp³-hybridized carbons (Fsp3) is 1.00. The highest BCUT2D eigenvalue weighted by Gasteiger charge is 2.18. The van der Waals surface area contributed by atoms with Crippen molar-refractivity contribution in [2.45, 2.75) is 51.2 Å². The lowest BCUT2D eigenvalue weighted by atomic mass is 9.97. The zero-order valence-electron chi connectivity index (χ0n) is 8.29. The van der Waals surface area contributed by atoms with E-state index in [0.29, 0.717) is 0 Å². The summed E-state index contributed by atoms with van der Waals surface area (Å²) >= 11 is 0. The van der Waals surface area contributed by atoms with Crippen LogP contribution in [0.3, 0.4) is 0 Å². The van der Waals surface area contributed by atoms with Gasteiger partial charge in [-0.25, -0.2) is 0 Å². The molecule has 2 heteroatoms. The standard InChI is InChI=1S/C10H21NO/c1-9(12)6-7-10-5-3-4-8-11(10)2/h9-10,12H,3-8H2,1-2H3/t9-,10?/m1/s1.